The van der Waals surface area contributed by atoms with E-state index in [1.807, 2.05) is 24.3 Å². The van der Waals surface area contributed by atoms with Gasteiger partial charge in [0, 0.05) is 31.8 Å². The van der Waals surface area contributed by atoms with Gasteiger partial charge in [0.2, 0.25) is 0 Å². The van der Waals surface area contributed by atoms with Crippen molar-refractivity contribution in [3.8, 4) is 0 Å². The number of nitrogens with one attached hydrogen (secondary N) is 1. The van der Waals surface area contributed by atoms with Gasteiger partial charge in [-0.1, -0.05) is 37.4 Å². The lowest BCUT2D eigenvalue weighted by Gasteiger charge is -2.29. The zero-order chi connectivity index (χ0) is 23.1. The minimum atomic E-state index is -0.653. The zero-order valence-electron chi connectivity index (χ0n) is 18.0. The van der Waals surface area contributed by atoms with E-state index in [2.05, 4.69) is 47.8 Å². The maximum atomic E-state index is 13.5. The van der Waals surface area contributed by atoms with Gasteiger partial charge >= 0.3 is 0 Å². The number of hydrogen-bond acceptors (Lipinski definition) is 5. The van der Waals surface area contributed by atoms with E-state index in [-0.39, 0.29) is 26.7 Å². The van der Waals surface area contributed by atoms with Gasteiger partial charge in [-0.3, -0.25) is 19.3 Å². The van der Waals surface area contributed by atoms with Crippen molar-refractivity contribution < 1.29 is 17.2 Å². The molecule has 1 unspecified atom stereocenters. The Labute approximate surface area is 198 Å². The van der Waals surface area contributed by atoms with E-state index in [0.29, 0.717) is 36.2 Å². The predicted octanol–water partition coefficient (Wildman–Crippen LogP) is 5.43. The molecular formula is C27H26N2O3S. The molecule has 1 fully saturated rings. The van der Waals surface area contributed by atoms with Gasteiger partial charge in [0.15, 0.2) is 5.78 Å². The quantitative estimate of drug-likeness (QED) is 0.409. The summed E-state index contributed by atoms with van der Waals surface area (Å²) in [5.41, 5.74) is 7.19. The molecule has 168 valence electrons. The molecule has 1 N–H and O–H groups in total. The van der Waals surface area contributed by atoms with Gasteiger partial charge in [-0.15, -0.1) is 17.1 Å². The van der Waals surface area contributed by atoms with Crippen LogP contribution in [0.25, 0.3) is 21.5 Å². The summed E-state index contributed by atoms with van der Waals surface area (Å²) in [7, 11) is 0. The first-order chi connectivity index (χ1) is 16.0. The number of benzene rings is 2. The first-order valence-electron chi connectivity index (χ1n) is 10.8. The van der Waals surface area contributed by atoms with Crippen molar-refractivity contribution in [2.45, 2.75) is 31.8 Å². The van der Waals surface area contributed by atoms with Crippen LogP contribution in [0.15, 0.2) is 66.7 Å². The minimum absolute atomic E-state index is 0. The van der Waals surface area contributed by atoms with Crippen molar-refractivity contribution in [2.24, 2.45) is 0 Å². The van der Waals surface area contributed by atoms with E-state index in [1.165, 1.54) is 15.0 Å². The Morgan fingerprint density at radius 2 is 2.06 bits per heavy atom. The van der Waals surface area contributed by atoms with Gasteiger partial charge < -0.3 is 5.32 Å². The van der Waals surface area contributed by atoms with Crippen molar-refractivity contribution in [1.29, 1.82) is 0 Å². The molecule has 1 aliphatic carbocycles. The van der Waals surface area contributed by atoms with Crippen LogP contribution in [0.3, 0.4) is 0 Å². The van der Waals surface area contributed by atoms with Gasteiger partial charge in [-0.05, 0) is 46.5 Å². The van der Waals surface area contributed by atoms with E-state index in [4.69, 9.17) is 0 Å². The average molecular weight is 459 g/mol. The molecule has 1 amide bonds. The van der Waals surface area contributed by atoms with Gasteiger partial charge in [0.1, 0.15) is 5.78 Å². The molecule has 1 aromatic heterocycles. The highest BCUT2D eigenvalue weighted by Crippen LogP contribution is 2.38. The molecule has 2 aliphatic rings. The fourth-order valence-corrected chi connectivity index (χ4v) is 5.39. The number of Topliss-reactive ketones (excluding diaryl/α,β-unsaturated/α-hetero) is 2. The largest absolute Gasteiger partial charge is 0.381 e. The number of ketones is 2. The van der Waals surface area contributed by atoms with E-state index in [0.717, 1.165) is 16.8 Å². The van der Waals surface area contributed by atoms with Crippen LogP contribution in [-0.4, -0.2) is 28.4 Å². The number of carbonyl (C=O) groups is 3. The van der Waals surface area contributed by atoms with Crippen molar-refractivity contribution in [3.63, 3.8) is 0 Å². The summed E-state index contributed by atoms with van der Waals surface area (Å²) in [6.45, 7) is 8.34. The Morgan fingerprint density at radius 1 is 1.21 bits per heavy atom. The normalized spacial score (nSPS) is 17.9. The molecule has 1 aliphatic heterocycles. The molecule has 33 heavy (non-hydrogen) atoms. The lowest BCUT2D eigenvalue weighted by atomic mass is 9.91. The molecule has 1 saturated carbocycles. The lowest BCUT2D eigenvalue weighted by molar-refractivity contribution is -0.132. The van der Waals surface area contributed by atoms with Crippen LogP contribution in [-0.2, 0) is 16.1 Å². The Morgan fingerprint density at radius 3 is 2.85 bits per heavy atom. The van der Waals surface area contributed by atoms with E-state index in [9.17, 15) is 14.4 Å². The molecule has 5 nitrogen and oxygen atoms in total. The van der Waals surface area contributed by atoms with Gasteiger partial charge in [-0.2, -0.15) is 0 Å². The highest BCUT2D eigenvalue weighted by molar-refractivity contribution is 7.17. The molecule has 6 heteroatoms. The first kappa shape index (κ1) is 21.1. The molecule has 2 aromatic carbocycles. The summed E-state index contributed by atoms with van der Waals surface area (Å²) < 4.78 is 1.22. The number of nitrogens with zero attached hydrogens (tertiary/aromatic N) is 1. The lowest BCUT2D eigenvalue weighted by Crippen LogP contribution is -2.44. The molecule has 5 rings (SSSR count). The number of fused-ring (bicyclic) bond motifs is 2. The fourth-order valence-electron chi connectivity index (χ4n) is 4.62. The first-order valence-corrected chi connectivity index (χ1v) is 11.7. The maximum absolute atomic E-state index is 13.5. The number of carbonyl (C=O) groups excluding carboxylic acids is 3. The van der Waals surface area contributed by atoms with E-state index >= 15 is 0 Å². The number of hydrogen-bond donors (Lipinski definition) is 1. The Bertz CT molecular complexity index is 1400. The zero-order valence-corrected chi connectivity index (χ0v) is 18.8. The minimum Gasteiger partial charge on any atom is -0.381 e. The van der Waals surface area contributed by atoms with Crippen LogP contribution < -0.4 is 5.32 Å². The van der Waals surface area contributed by atoms with Crippen LogP contribution in [0.2, 0.25) is 0 Å². The Hall–Kier alpha value is -3.73. The van der Waals surface area contributed by atoms with Gasteiger partial charge in [0.25, 0.3) is 5.91 Å². The Balaban J connectivity index is 0.00000171. The fraction of sp³-hybridized carbons (Fsp3) is 0.185. The summed E-state index contributed by atoms with van der Waals surface area (Å²) in [6.07, 6.45) is 0.500. The third-order valence-electron chi connectivity index (χ3n) is 6.29. The molecule has 3 aromatic rings. The topological polar surface area (TPSA) is 66.5 Å². The maximum Gasteiger partial charge on any atom is 0.260 e. The second kappa shape index (κ2) is 8.32. The second-order valence-electron chi connectivity index (χ2n) is 8.28. The SMILES string of the molecule is C=C=C1c2cccc(CNC(=C)c3ccc4sccc4c3)c2C(=O)N1C1CCC(=O)CC1=O.[HH].[HH]. The van der Waals surface area contributed by atoms with Crippen LogP contribution in [0, 0.1) is 0 Å². The molecule has 2 heterocycles. The molecule has 0 spiro atoms. The summed E-state index contributed by atoms with van der Waals surface area (Å²) in [6, 6.07) is 13.3. The van der Waals surface area contributed by atoms with Crippen LogP contribution in [0.5, 0.6) is 0 Å². The summed E-state index contributed by atoms with van der Waals surface area (Å²) >= 11 is 1.70. The van der Waals surface area contributed by atoms with Crippen molar-refractivity contribution in [2.75, 3.05) is 0 Å². The van der Waals surface area contributed by atoms with Crippen molar-refractivity contribution >= 4 is 50.3 Å². The van der Waals surface area contributed by atoms with Crippen LogP contribution in [0.1, 0.15) is 49.2 Å². The molecule has 0 radical (unpaired) electrons. The van der Waals surface area contributed by atoms with Gasteiger partial charge in [-0.25, -0.2) is 0 Å². The molecular weight excluding hydrogens is 432 g/mol. The number of rotatable bonds is 5. The highest BCUT2D eigenvalue weighted by atomic mass is 32.1. The third kappa shape index (κ3) is 3.63. The average Bonchev–Trinajstić information content (AvgIpc) is 3.39. The molecule has 0 saturated heterocycles. The second-order valence-corrected chi connectivity index (χ2v) is 9.23. The summed E-state index contributed by atoms with van der Waals surface area (Å²) in [5.74, 6) is -0.544. The van der Waals surface area contributed by atoms with Crippen LogP contribution >= 0.6 is 11.3 Å². The Kier molecular flexibility index (Phi) is 5.33. The van der Waals surface area contributed by atoms with E-state index < -0.39 is 6.04 Å². The number of amides is 1. The molecule has 0 bridgehead atoms. The molecule has 1 atom stereocenters. The smallest absolute Gasteiger partial charge is 0.260 e. The monoisotopic (exact) mass is 458 g/mol. The highest BCUT2D eigenvalue weighted by Gasteiger charge is 2.42. The van der Waals surface area contributed by atoms with Crippen LogP contribution in [0.4, 0.5) is 0 Å². The van der Waals surface area contributed by atoms with E-state index in [1.54, 1.807) is 11.3 Å². The summed E-state index contributed by atoms with van der Waals surface area (Å²) in [5, 5.41) is 6.58. The predicted molar refractivity (Wildman–Crippen MR) is 135 cm³/mol. The van der Waals surface area contributed by atoms with Crippen molar-refractivity contribution in [1.82, 2.24) is 10.2 Å². The third-order valence-corrected chi connectivity index (χ3v) is 7.19. The number of thiophene rings is 1. The summed E-state index contributed by atoms with van der Waals surface area (Å²) in [4.78, 5) is 39.2. The van der Waals surface area contributed by atoms with Crippen molar-refractivity contribution in [3.05, 3.63) is 89.0 Å². The standard InChI is InChI=1S/C27H22N2O3S.2H2/c1-3-22-21-6-4-5-19(15-28-16(2)17-7-10-25-18(13-17)11-12-33-25)26(21)27(32)29(22)23-9-8-20(30)14-24(23)31;;/h4-7,10-13,23,28H,1-2,8-9,14-15H2;2*1H. The van der Waals surface area contributed by atoms with Gasteiger partial charge in [0.05, 0.1) is 23.7 Å².